The van der Waals surface area contributed by atoms with Crippen LogP contribution in [0.4, 0.5) is 0 Å². The molecule has 2 aliphatic heterocycles. The molecule has 2 saturated heterocycles. The van der Waals surface area contributed by atoms with Crippen molar-refractivity contribution in [1.29, 1.82) is 0 Å². The van der Waals surface area contributed by atoms with Crippen molar-refractivity contribution < 1.29 is 13.2 Å². The highest BCUT2D eigenvalue weighted by Gasteiger charge is 2.39. The van der Waals surface area contributed by atoms with Crippen LogP contribution in [0, 0.1) is 6.92 Å². The van der Waals surface area contributed by atoms with Gasteiger partial charge in [-0.05, 0) is 50.3 Å². The molecule has 1 unspecified atom stereocenters. The Morgan fingerprint density at radius 2 is 1.78 bits per heavy atom. The SMILES string of the molecule is Cc1cccc(S(=O)(=O)N2CCCCC2C(=O)N2CCCC2)c1. The Hall–Kier alpha value is -1.40. The maximum absolute atomic E-state index is 13.0. The molecular formula is C17H24N2O3S. The predicted octanol–water partition coefficient (Wildman–Crippen LogP) is 2.16. The van der Waals surface area contributed by atoms with Gasteiger partial charge in [0.2, 0.25) is 15.9 Å². The number of hydrogen-bond donors (Lipinski definition) is 0. The molecule has 0 bridgehead atoms. The van der Waals surface area contributed by atoms with E-state index < -0.39 is 16.1 Å². The van der Waals surface area contributed by atoms with E-state index in [2.05, 4.69) is 0 Å². The van der Waals surface area contributed by atoms with Crippen LogP contribution in [0.15, 0.2) is 29.2 Å². The van der Waals surface area contributed by atoms with E-state index >= 15 is 0 Å². The number of sulfonamides is 1. The fourth-order valence-electron chi connectivity index (χ4n) is 3.50. The van der Waals surface area contributed by atoms with Gasteiger partial charge in [-0.2, -0.15) is 4.31 Å². The number of amides is 1. The summed E-state index contributed by atoms with van der Waals surface area (Å²) in [5, 5.41) is 0. The van der Waals surface area contributed by atoms with Crippen LogP contribution in [0.5, 0.6) is 0 Å². The van der Waals surface area contributed by atoms with Crippen molar-refractivity contribution in [2.45, 2.75) is 50.0 Å². The van der Waals surface area contributed by atoms with Crippen molar-refractivity contribution in [1.82, 2.24) is 9.21 Å². The van der Waals surface area contributed by atoms with Crippen LogP contribution in [0.1, 0.15) is 37.7 Å². The first-order valence-corrected chi connectivity index (χ1v) is 9.81. The molecule has 23 heavy (non-hydrogen) atoms. The molecule has 0 N–H and O–H groups in total. The normalized spacial score (nSPS) is 23.2. The standard InChI is InChI=1S/C17H24N2O3S/c1-14-7-6-8-15(13-14)23(21,22)19-12-3-2-9-16(19)17(20)18-10-4-5-11-18/h6-8,13,16H,2-5,9-12H2,1H3. The molecule has 3 rings (SSSR count). The van der Waals surface area contributed by atoms with Crippen LogP contribution in [0.25, 0.3) is 0 Å². The van der Waals surface area contributed by atoms with Crippen molar-refractivity contribution >= 4 is 15.9 Å². The summed E-state index contributed by atoms with van der Waals surface area (Å²) in [6, 6.07) is 6.40. The number of rotatable bonds is 3. The summed E-state index contributed by atoms with van der Waals surface area (Å²) in [5.74, 6) is -0.0153. The smallest absolute Gasteiger partial charge is 0.243 e. The van der Waals surface area contributed by atoms with Crippen molar-refractivity contribution in [2.75, 3.05) is 19.6 Å². The third-order valence-electron chi connectivity index (χ3n) is 4.75. The molecule has 1 atom stereocenters. The third-order valence-corrected chi connectivity index (χ3v) is 6.66. The highest BCUT2D eigenvalue weighted by atomic mass is 32.2. The molecule has 1 aromatic carbocycles. The van der Waals surface area contributed by atoms with Gasteiger partial charge in [0, 0.05) is 19.6 Å². The molecule has 0 saturated carbocycles. The highest BCUT2D eigenvalue weighted by molar-refractivity contribution is 7.89. The fraction of sp³-hybridized carbons (Fsp3) is 0.588. The number of carbonyl (C=O) groups is 1. The number of nitrogens with zero attached hydrogens (tertiary/aromatic N) is 2. The van der Waals surface area contributed by atoms with Crippen LogP contribution in [-0.4, -0.2) is 49.2 Å². The molecule has 2 aliphatic rings. The Kier molecular flexibility index (Phi) is 4.73. The molecule has 2 heterocycles. The Morgan fingerprint density at radius 3 is 2.48 bits per heavy atom. The second kappa shape index (κ2) is 6.61. The lowest BCUT2D eigenvalue weighted by Gasteiger charge is -2.35. The summed E-state index contributed by atoms with van der Waals surface area (Å²) in [6.07, 6.45) is 4.38. The summed E-state index contributed by atoms with van der Waals surface area (Å²) in [4.78, 5) is 14.9. The van der Waals surface area contributed by atoms with Crippen LogP contribution >= 0.6 is 0 Å². The van der Waals surface area contributed by atoms with Crippen LogP contribution < -0.4 is 0 Å². The minimum Gasteiger partial charge on any atom is -0.341 e. The molecule has 1 amide bonds. The number of carbonyl (C=O) groups excluding carboxylic acids is 1. The highest BCUT2D eigenvalue weighted by Crippen LogP contribution is 2.27. The number of piperidine rings is 1. The van der Waals surface area contributed by atoms with E-state index in [0.29, 0.717) is 17.9 Å². The summed E-state index contributed by atoms with van der Waals surface area (Å²) in [5.41, 5.74) is 0.908. The van der Waals surface area contributed by atoms with E-state index in [1.54, 1.807) is 18.2 Å². The van der Waals surface area contributed by atoms with Gasteiger partial charge < -0.3 is 4.90 Å². The van der Waals surface area contributed by atoms with Crippen LogP contribution in [0.3, 0.4) is 0 Å². The number of likely N-dealkylation sites (tertiary alicyclic amines) is 1. The van der Waals surface area contributed by atoms with E-state index in [-0.39, 0.29) is 5.91 Å². The molecular weight excluding hydrogens is 312 g/mol. The van der Waals surface area contributed by atoms with Gasteiger partial charge in [-0.1, -0.05) is 18.6 Å². The van der Waals surface area contributed by atoms with Crippen molar-refractivity contribution in [2.24, 2.45) is 0 Å². The maximum Gasteiger partial charge on any atom is 0.243 e. The Balaban J connectivity index is 1.89. The molecule has 126 valence electrons. The molecule has 0 spiro atoms. The molecule has 6 heteroatoms. The minimum absolute atomic E-state index is 0.0153. The third kappa shape index (κ3) is 3.28. The average Bonchev–Trinajstić information content (AvgIpc) is 3.08. The van der Waals surface area contributed by atoms with Crippen LogP contribution in [-0.2, 0) is 14.8 Å². The van der Waals surface area contributed by atoms with Gasteiger partial charge in [0.1, 0.15) is 6.04 Å². The van der Waals surface area contributed by atoms with Gasteiger partial charge in [-0.15, -0.1) is 0 Å². The van der Waals surface area contributed by atoms with E-state index in [1.807, 2.05) is 17.9 Å². The summed E-state index contributed by atoms with van der Waals surface area (Å²) in [7, 11) is -3.62. The topological polar surface area (TPSA) is 57.7 Å². The summed E-state index contributed by atoms with van der Waals surface area (Å²) >= 11 is 0. The summed E-state index contributed by atoms with van der Waals surface area (Å²) < 4.78 is 27.5. The second-order valence-electron chi connectivity index (χ2n) is 6.48. The predicted molar refractivity (Wildman–Crippen MR) is 88.5 cm³/mol. The van der Waals surface area contributed by atoms with Gasteiger partial charge in [0.25, 0.3) is 0 Å². The van der Waals surface area contributed by atoms with E-state index in [0.717, 1.165) is 44.3 Å². The fourth-order valence-corrected chi connectivity index (χ4v) is 5.26. The molecule has 2 fully saturated rings. The number of hydrogen-bond acceptors (Lipinski definition) is 3. The van der Waals surface area contributed by atoms with Gasteiger partial charge in [-0.25, -0.2) is 8.42 Å². The zero-order chi connectivity index (χ0) is 16.4. The quantitative estimate of drug-likeness (QED) is 0.850. The Labute approximate surface area is 138 Å². The lowest BCUT2D eigenvalue weighted by molar-refractivity contribution is -0.135. The van der Waals surface area contributed by atoms with Gasteiger partial charge in [0.05, 0.1) is 4.90 Å². The first kappa shape index (κ1) is 16.5. The largest absolute Gasteiger partial charge is 0.341 e. The minimum atomic E-state index is -3.62. The van der Waals surface area contributed by atoms with Crippen LogP contribution in [0.2, 0.25) is 0 Å². The zero-order valence-electron chi connectivity index (χ0n) is 13.6. The first-order valence-electron chi connectivity index (χ1n) is 8.37. The van der Waals surface area contributed by atoms with Gasteiger partial charge in [-0.3, -0.25) is 4.79 Å². The molecule has 0 radical (unpaired) electrons. The average molecular weight is 336 g/mol. The first-order chi connectivity index (χ1) is 11.0. The molecule has 0 aliphatic carbocycles. The van der Waals surface area contributed by atoms with Gasteiger partial charge in [0.15, 0.2) is 0 Å². The van der Waals surface area contributed by atoms with Crippen molar-refractivity contribution in [3.63, 3.8) is 0 Å². The van der Waals surface area contributed by atoms with Crippen molar-refractivity contribution in [3.05, 3.63) is 29.8 Å². The Bertz CT molecular complexity index is 681. The van der Waals surface area contributed by atoms with Crippen molar-refractivity contribution in [3.8, 4) is 0 Å². The molecule has 1 aromatic rings. The molecule has 0 aromatic heterocycles. The lowest BCUT2D eigenvalue weighted by atomic mass is 10.0. The lowest BCUT2D eigenvalue weighted by Crippen LogP contribution is -2.52. The van der Waals surface area contributed by atoms with Gasteiger partial charge >= 0.3 is 0 Å². The zero-order valence-corrected chi connectivity index (χ0v) is 14.4. The molecule has 5 nitrogen and oxygen atoms in total. The van der Waals surface area contributed by atoms with E-state index in [9.17, 15) is 13.2 Å². The maximum atomic E-state index is 13.0. The number of aryl methyl sites for hydroxylation is 1. The summed E-state index contributed by atoms with van der Waals surface area (Å²) in [6.45, 7) is 3.82. The number of benzene rings is 1. The monoisotopic (exact) mass is 336 g/mol. The Morgan fingerprint density at radius 1 is 1.09 bits per heavy atom. The second-order valence-corrected chi connectivity index (χ2v) is 8.37. The van der Waals surface area contributed by atoms with E-state index in [1.165, 1.54) is 4.31 Å². The van der Waals surface area contributed by atoms with E-state index in [4.69, 9.17) is 0 Å².